The van der Waals surface area contributed by atoms with Crippen LogP contribution in [0.1, 0.15) is 17.2 Å². The van der Waals surface area contributed by atoms with Gasteiger partial charge in [-0.25, -0.2) is 4.79 Å². The maximum absolute atomic E-state index is 12.4. The van der Waals surface area contributed by atoms with Gasteiger partial charge in [0.25, 0.3) is 0 Å². The second-order valence-corrected chi connectivity index (χ2v) is 5.75. The number of rotatable bonds is 4. The van der Waals surface area contributed by atoms with Crippen LogP contribution in [0.3, 0.4) is 0 Å². The third-order valence-electron chi connectivity index (χ3n) is 3.71. The summed E-state index contributed by atoms with van der Waals surface area (Å²) in [5, 5.41) is 8.80. The lowest BCUT2D eigenvalue weighted by molar-refractivity contribution is -0.122. The fraction of sp³-hybridized carbons (Fsp3) is 0.176. The second kappa shape index (κ2) is 6.71. The van der Waals surface area contributed by atoms with Crippen molar-refractivity contribution in [1.82, 2.24) is 16.0 Å². The maximum atomic E-state index is 12.4. The molecule has 1 heterocycles. The van der Waals surface area contributed by atoms with Crippen LogP contribution in [0, 0.1) is 0 Å². The van der Waals surface area contributed by atoms with E-state index in [9.17, 15) is 9.59 Å². The highest BCUT2D eigenvalue weighted by Gasteiger charge is 2.29. The van der Waals surface area contributed by atoms with Crippen LogP contribution in [0.15, 0.2) is 54.6 Å². The zero-order valence-corrected chi connectivity index (χ0v) is 13.0. The number of halogens is 1. The minimum absolute atomic E-state index is 0.229. The SMILES string of the molecule is O=C1NC[C@H](C(=O)N[C@H](c2ccccc2)c2ccc(Cl)cc2)N1. The number of hydrogen-bond acceptors (Lipinski definition) is 2. The van der Waals surface area contributed by atoms with Crippen molar-refractivity contribution in [2.45, 2.75) is 12.1 Å². The van der Waals surface area contributed by atoms with Gasteiger partial charge in [0.15, 0.2) is 0 Å². The largest absolute Gasteiger partial charge is 0.343 e. The molecule has 5 nitrogen and oxygen atoms in total. The van der Waals surface area contributed by atoms with Gasteiger partial charge in [-0.3, -0.25) is 4.79 Å². The Morgan fingerprint density at radius 1 is 1.09 bits per heavy atom. The van der Waals surface area contributed by atoms with E-state index in [1.54, 1.807) is 12.1 Å². The van der Waals surface area contributed by atoms with Gasteiger partial charge in [-0.05, 0) is 23.3 Å². The molecule has 0 aliphatic carbocycles. The molecule has 1 aliphatic rings. The summed E-state index contributed by atoms with van der Waals surface area (Å²) in [7, 11) is 0. The van der Waals surface area contributed by atoms with Crippen molar-refractivity contribution in [3.05, 3.63) is 70.7 Å². The van der Waals surface area contributed by atoms with Crippen LogP contribution in [0.2, 0.25) is 5.02 Å². The van der Waals surface area contributed by atoms with Gasteiger partial charge < -0.3 is 16.0 Å². The fourth-order valence-electron chi connectivity index (χ4n) is 2.52. The average molecular weight is 330 g/mol. The van der Waals surface area contributed by atoms with Crippen molar-refractivity contribution in [1.29, 1.82) is 0 Å². The molecule has 0 unspecified atom stereocenters. The van der Waals surface area contributed by atoms with Crippen LogP contribution in [0.5, 0.6) is 0 Å². The van der Waals surface area contributed by atoms with E-state index in [-0.39, 0.29) is 24.5 Å². The van der Waals surface area contributed by atoms with Gasteiger partial charge in [-0.15, -0.1) is 0 Å². The molecule has 0 aromatic heterocycles. The van der Waals surface area contributed by atoms with E-state index in [1.807, 2.05) is 42.5 Å². The van der Waals surface area contributed by atoms with Crippen LogP contribution in [-0.4, -0.2) is 24.5 Å². The molecule has 0 spiro atoms. The summed E-state index contributed by atoms with van der Waals surface area (Å²) in [6.07, 6.45) is 0. The molecule has 0 radical (unpaired) electrons. The minimum Gasteiger partial charge on any atom is -0.343 e. The van der Waals surface area contributed by atoms with Gasteiger partial charge in [0, 0.05) is 11.6 Å². The standard InChI is InChI=1S/C17H16ClN3O2/c18-13-8-6-12(7-9-13)15(11-4-2-1-3-5-11)21-16(22)14-10-19-17(23)20-14/h1-9,14-15H,10H2,(H,21,22)(H2,19,20,23)/t14-,15-/m1/s1. The highest BCUT2D eigenvalue weighted by Crippen LogP contribution is 2.23. The molecular formula is C17H16ClN3O2. The normalized spacial score (nSPS) is 18.0. The van der Waals surface area contributed by atoms with E-state index in [0.29, 0.717) is 5.02 Å². The first-order chi connectivity index (χ1) is 11.1. The Kier molecular flexibility index (Phi) is 4.48. The van der Waals surface area contributed by atoms with Gasteiger partial charge in [0.05, 0.1) is 6.04 Å². The van der Waals surface area contributed by atoms with E-state index in [0.717, 1.165) is 11.1 Å². The molecule has 3 N–H and O–H groups in total. The molecule has 2 aromatic rings. The van der Waals surface area contributed by atoms with Gasteiger partial charge in [-0.1, -0.05) is 54.1 Å². The molecular weight excluding hydrogens is 314 g/mol. The number of benzene rings is 2. The van der Waals surface area contributed by atoms with Crippen molar-refractivity contribution >= 4 is 23.5 Å². The molecule has 3 rings (SSSR count). The number of hydrogen-bond donors (Lipinski definition) is 3. The lowest BCUT2D eigenvalue weighted by Crippen LogP contribution is -2.44. The Balaban J connectivity index is 1.85. The first kappa shape index (κ1) is 15.4. The Morgan fingerprint density at radius 2 is 1.74 bits per heavy atom. The quantitative estimate of drug-likeness (QED) is 0.805. The molecule has 2 atom stereocenters. The third kappa shape index (κ3) is 3.63. The molecule has 118 valence electrons. The first-order valence-corrected chi connectivity index (χ1v) is 7.66. The number of nitrogens with one attached hydrogen (secondary N) is 3. The topological polar surface area (TPSA) is 70.2 Å². The average Bonchev–Trinajstić information content (AvgIpc) is 3.01. The first-order valence-electron chi connectivity index (χ1n) is 7.28. The molecule has 0 saturated carbocycles. The number of carbonyl (C=O) groups excluding carboxylic acids is 2. The molecule has 2 aromatic carbocycles. The van der Waals surface area contributed by atoms with Crippen molar-refractivity contribution in [2.75, 3.05) is 6.54 Å². The monoisotopic (exact) mass is 329 g/mol. The molecule has 1 saturated heterocycles. The number of carbonyl (C=O) groups is 2. The van der Waals surface area contributed by atoms with Gasteiger partial charge in [-0.2, -0.15) is 0 Å². The van der Waals surface area contributed by atoms with Gasteiger partial charge >= 0.3 is 6.03 Å². The van der Waals surface area contributed by atoms with E-state index >= 15 is 0 Å². The van der Waals surface area contributed by atoms with Crippen LogP contribution < -0.4 is 16.0 Å². The van der Waals surface area contributed by atoms with Crippen LogP contribution >= 0.6 is 11.6 Å². The molecule has 3 amide bonds. The lowest BCUT2D eigenvalue weighted by atomic mass is 9.98. The fourth-order valence-corrected chi connectivity index (χ4v) is 2.64. The summed E-state index contributed by atoms with van der Waals surface area (Å²) < 4.78 is 0. The van der Waals surface area contributed by atoms with Gasteiger partial charge in [0.1, 0.15) is 6.04 Å². The zero-order valence-electron chi connectivity index (χ0n) is 12.3. The minimum atomic E-state index is -0.569. The van der Waals surface area contributed by atoms with E-state index in [2.05, 4.69) is 16.0 Å². The molecule has 1 fully saturated rings. The lowest BCUT2D eigenvalue weighted by Gasteiger charge is -2.21. The predicted molar refractivity (Wildman–Crippen MR) is 88.2 cm³/mol. The third-order valence-corrected chi connectivity index (χ3v) is 3.96. The van der Waals surface area contributed by atoms with E-state index < -0.39 is 6.04 Å². The van der Waals surface area contributed by atoms with Crippen molar-refractivity contribution in [3.63, 3.8) is 0 Å². The van der Waals surface area contributed by atoms with E-state index in [1.165, 1.54) is 0 Å². The summed E-state index contributed by atoms with van der Waals surface area (Å²) in [5.74, 6) is -0.229. The Morgan fingerprint density at radius 3 is 2.35 bits per heavy atom. The Labute approximate surface area is 139 Å². The van der Waals surface area contributed by atoms with Crippen molar-refractivity contribution in [2.24, 2.45) is 0 Å². The molecule has 0 bridgehead atoms. The highest BCUT2D eigenvalue weighted by atomic mass is 35.5. The van der Waals surface area contributed by atoms with Crippen molar-refractivity contribution < 1.29 is 9.59 Å². The van der Waals surface area contributed by atoms with E-state index in [4.69, 9.17) is 11.6 Å². The maximum Gasteiger partial charge on any atom is 0.315 e. The smallest absolute Gasteiger partial charge is 0.315 e. The summed E-state index contributed by atoms with van der Waals surface area (Å²) in [4.78, 5) is 23.6. The van der Waals surface area contributed by atoms with Crippen LogP contribution in [0.4, 0.5) is 4.79 Å². The molecule has 23 heavy (non-hydrogen) atoms. The second-order valence-electron chi connectivity index (χ2n) is 5.31. The summed E-state index contributed by atoms with van der Waals surface area (Å²) >= 11 is 5.94. The van der Waals surface area contributed by atoms with Crippen molar-refractivity contribution in [3.8, 4) is 0 Å². The summed E-state index contributed by atoms with van der Waals surface area (Å²) in [5.41, 5.74) is 1.88. The zero-order chi connectivity index (χ0) is 16.2. The summed E-state index contributed by atoms with van der Waals surface area (Å²) in [6, 6.07) is 15.8. The van der Waals surface area contributed by atoms with Crippen LogP contribution in [0.25, 0.3) is 0 Å². The summed E-state index contributed by atoms with van der Waals surface area (Å²) in [6.45, 7) is 0.285. The molecule has 1 aliphatic heterocycles. The number of amides is 3. The van der Waals surface area contributed by atoms with Gasteiger partial charge in [0.2, 0.25) is 5.91 Å². The molecule has 6 heteroatoms. The Hall–Kier alpha value is -2.53. The Bertz CT molecular complexity index is 704. The number of urea groups is 1. The highest BCUT2D eigenvalue weighted by molar-refractivity contribution is 6.30. The van der Waals surface area contributed by atoms with Crippen LogP contribution in [-0.2, 0) is 4.79 Å². The predicted octanol–water partition coefficient (Wildman–Crippen LogP) is 2.23.